The summed E-state index contributed by atoms with van der Waals surface area (Å²) in [5.74, 6) is 1.27. The topological polar surface area (TPSA) is 35.2 Å². The molecule has 0 aromatic heterocycles. The molecule has 0 saturated heterocycles. The van der Waals surface area contributed by atoms with Crippen molar-refractivity contribution in [3.63, 3.8) is 0 Å². The van der Waals surface area contributed by atoms with Crippen LogP contribution in [0.5, 0.6) is 5.75 Å². The van der Waals surface area contributed by atoms with Gasteiger partial charge in [-0.3, -0.25) is 0 Å². The van der Waals surface area contributed by atoms with Gasteiger partial charge in [0.15, 0.2) is 0 Å². The summed E-state index contributed by atoms with van der Waals surface area (Å²) in [6.07, 6.45) is 5.69. The third-order valence-electron chi connectivity index (χ3n) is 4.33. The Balaban J connectivity index is 2.61. The molecule has 1 unspecified atom stereocenters. The molecule has 0 bridgehead atoms. The Kier molecular flexibility index (Phi) is 4.75. The SMILES string of the molecule is COc1c(Cl)c2c(c(C)c1C(C)CCN)CCCC2. The van der Waals surface area contributed by atoms with Crippen molar-refractivity contribution in [2.45, 2.75) is 51.9 Å². The van der Waals surface area contributed by atoms with Gasteiger partial charge in [0.25, 0.3) is 0 Å². The fourth-order valence-electron chi connectivity index (χ4n) is 3.34. The van der Waals surface area contributed by atoms with Crippen LogP contribution in [0.4, 0.5) is 0 Å². The van der Waals surface area contributed by atoms with Gasteiger partial charge in [-0.15, -0.1) is 0 Å². The second-order valence-electron chi connectivity index (χ2n) is 5.53. The second-order valence-corrected chi connectivity index (χ2v) is 5.91. The number of hydrogen-bond acceptors (Lipinski definition) is 2. The van der Waals surface area contributed by atoms with E-state index in [0.717, 1.165) is 30.0 Å². The molecule has 2 rings (SSSR count). The summed E-state index contributed by atoms with van der Waals surface area (Å²) in [4.78, 5) is 0. The van der Waals surface area contributed by atoms with Crippen LogP contribution in [0.15, 0.2) is 0 Å². The fraction of sp³-hybridized carbons (Fsp3) is 0.625. The van der Waals surface area contributed by atoms with Crippen molar-refractivity contribution >= 4 is 11.6 Å². The van der Waals surface area contributed by atoms with Crippen LogP contribution in [-0.2, 0) is 12.8 Å². The maximum Gasteiger partial charge on any atom is 0.141 e. The lowest BCUT2D eigenvalue weighted by Gasteiger charge is -2.27. The third-order valence-corrected chi connectivity index (χ3v) is 4.73. The highest BCUT2D eigenvalue weighted by Gasteiger charge is 2.25. The van der Waals surface area contributed by atoms with E-state index in [2.05, 4.69) is 13.8 Å². The predicted octanol–water partition coefficient (Wildman–Crippen LogP) is 3.99. The highest BCUT2D eigenvalue weighted by atomic mass is 35.5. The molecule has 0 aliphatic heterocycles. The van der Waals surface area contributed by atoms with E-state index in [4.69, 9.17) is 22.1 Å². The molecule has 0 heterocycles. The Morgan fingerprint density at radius 2 is 1.89 bits per heavy atom. The smallest absolute Gasteiger partial charge is 0.141 e. The van der Waals surface area contributed by atoms with Gasteiger partial charge >= 0.3 is 0 Å². The number of methoxy groups -OCH3 is 1. The summed E-state index contributed by atoms with van der Waals surface area (Å²) < 4.78 is 5.62. The molecule has 2 N–H and O–H groups in total. The van der Waals surface area contributed by atoms with E-state index < -0.39 is 0 Å². The van der Waals surface area contributed by atoms with Gasteiger partial charge in [0.05, 0.1) is 12.1 Å². The summed E-state index contributed by atoms with van der Waals surface area (Å²) in [5, 5.41) is 0.835. The predicted molar refractivity (Wildman–Crippen MR) is 81.5 cm³/mol. The first-order chi connectivity index (χ1) is 9.11. The highest BCUT2D eigenvalue weighted by Crippen LogP contribution is 2.44. The Labute approximate surface area is 121 Å². The number of rotatable bonds is 4. The molecule has 1 atom stereocenters. The van der Waals surface area contributed by atoms with Crippen molar-refractivity contribution in [3.8, 4) is 5.75 Å². The number of fused-ring (bicyclic) bond motifs is 1. The maximum absolute atomic E-state index is 6.59. The molecule has 1 aliphatic carbocycles. The number of ether oxygens (including phenoxy) is 1. The molecule has 19 heavy (non-hydrogen) atoms. The van der Waals surface area contributed by atoms with Crippen LogP contribution in [-0.4, -0.2) is 13.7 Å². The monoisotopic (exact) mass is 281 g/mol. The lowest BCUT2D eigenvalue weighted by atomic mass is 9.82. The standard InChI is InChI=1S/C16H24ClNO/c1-10(8-9-18)14-11(2)12-6-4-5-7-13(12)15(17)16(14)19-3/h10H,4-9,18H2,1-3H3. The second kappa shape index (κ2) is 6.15. The number of halogens is 1. The largest absolute Gasteiger partial charge is 0.495 e. The minimum absolute atomic E-state index is 0.393. The van der Waals surface area contributed by atoms with Crippen LogP contribution in [0.2, 0.25) is 5.02 Å². The Hall–Kier alpha value is -0.730. The third kappa shape index (κ3) is 2.61. The molecule has 0 radical (unpaired) electrons. The summed E-state index contributed by atoms with van der Waals surface area (Å²) in [6, 6.07) is 0. The van der Waals surface area contributed by atoms with Gasteiger partial charge in [0.1, 0.15) is 5.75 Å². The van der Waals surface area contributed by atoms with E-state index in [-0.39, 0.29) is 0 Å². The van der Waals surface area contributed by atoms with E-state index >= 15 is 0 Å². The molecular formula is C16H24ClNO. The van der Waals surface area contributed by atoms with E-state index in [1.807, 2.05) is 0 Å². The van der Waals surface area contributed by atoms with E-state index in [9.17, 15) is 0 Å². The highest BCUT2D eigenvalue weighted by molar-refractivity contribution is 6.33. The van der Waals surface area contributed by atoms with Gasteiger partial charge in [-0.25, -0.2) is 0 Å². The lowest BCUT2D eigenvalue weighted by molar-refractivity contribution is 0.403. The average molecular weight is 282 g/mol. The molecular weight excluding hydrogens is 258 g/mol. The molecule has 0 spiro atoms. The van der Waals surface area contributed by atoms with Crippen molar-refractivity contribution in [1.29, 1.82) is 0 Å². The molecule has 2 nitrogen and oxygen atoms in total. The minimum Gasteiger partial charge on any atom is -0.495 e. The van der Waals surface area contributed by atoms with Crippen molar-refractivity contribution in [2.24, 2.45) is 5.73 Å². The molecule has 3 heteroatoms. The Morgan fingerprint density at radius 3 is 2.47 bits per heavy atom. The summed E-state index contributed by atoms with van der Waals surface area (Å²) >= 11 is 6.59. The van der Waals surface area contributed by atoms with Crippen molar-refractivity contribution < 1.29 is 4.74 Å². The van der Waals surface area contributed by atoms with E-state index in [1.165, 1.54) is 35.1 Å². The van der Waals surface area contributed by atoms with Crippen LogP contribution in [0, 0.1) is 6.92 Å². The zero-order valence-corrected chi connectivity index (χ0v) is 12.9. The van der Waals surface area contributed by atoms with Gasteiger partial charge in [0, 0.05) is 5.56 Å². The van der Waals surface area contributed by atoms with Crippen molar-refractivity contribution in [2.75, 3.05) is 13.7 Å². The lowest BCUT2D eigenvalue weighted by Crippen LogP contribution is -2.13. The van der Waals surface area contributed by atoms with Crippen LogP contribution in [0.3, 0.4) is 0 Å². The molecule has 0 saturated carbocycles. The van der Waals surface area contributed by atoms with Gasteiger partial charge in [-0.1, -0.05) is 18.5 Å². The molecule has 0 amide bonds. The molecule has 1 aliphatic rings. The van der Waals surface area contributed by atoms with E-state index in [1.54, 1.807) is 7.11 Å². The fourth-order valence-corrected chi connectivity index (χ4v) is 3.72. The van der Waals surface area contributed by atoms with Gasteiger partial charge < -0.3 is 10.5 Å². The maximum atomic E-state index is 6.59. The van der Waals surface area contributed by atoms with Crippen LogP contribution < -0.4 is 10.5 Å². The van der Waals surface area contributed by atoms with Gasteiger partial charge in [-0.2, -0.15) is 0 Å². The number of nitrogens with two attached hydrogens (primary N) is 1. The first-order valence-electron chi connectivity index (χ1n) is 7.19. The molecule has 106 valence electrons. The molecule has 0 fully saturated rings. The Morgan fingerprint density at radius 1 is 1.26 bits per heavy atom. The zero-order chi connectivity index (χ0) is 14.0. The van der Waals surface area contributed by atoms with Crippen molar-refractivity contribution in [3.05, 3.63) is 27.3 Å². The summed E-state index contributed by atoms with van der Waals surface area (Å²) in [6.45, 7) is 5.12. The van der Waals surface area contributed by atoms with Crippen LogP contribution in [0.25, 0.3) is 0 Å². The van der Waals surface area contributed by atoms with E-state index in [0.29, 0.717) is 12.5 Å². The quantitative estimate of drug-likeness (QED) is 0.906. The van der Waals surface area contributed by atoms with Gasteiger partial charge in [-0.05, 0) is 68.2 Å². The Bertz CT molecular complexity index is 471. The zero-order valence-electron chi connectivity index (χ0n) is 12.2. The number of benzene rings is 1. The van der Waals surface area contributed by atoms with Gasteiger partial charge in [0.2, 0.25) is 0 Å². The van der Waals surface area contributed by atoms with Crippen LogP contribution in [0.1, 0.15) is 54.4 Å². The van der Waals surface area contributed by atoms with Crippen LogP contribution >= 0.6 is 11.6 Å². The first kappa shape index (κ1) is 14.7. The first-order valence-corrected chi connectivity index (χ1v) is 7.57. The molecule has 1 aromatic rings. The summed E-state index contributed by atoms with van der Waals surface area (Å²) in [5.41, 5.74) is 11.1. The normalized spacial score (nSPS) is 16.1. The van der Waals surface area contributed by atoms with Crippen molar-refractivity contribution in [1.82, 2.24) is 0 Å². The molecule has 1 aromatic carbocycles. The number of hydrogen-bond donors (Lipinski definition) is 1. The average Bonchev–Trinajstić information content (AvgIpc) is 2.42. The minimum atomic E-state index is 0.393. The summed E-state index contributed by atoms with van der Waals surface area (Å²) in [7, 11) is 1.72.